The van der Waals surface area contributed by atoms with Gasteiger partial charge in [-0.25, -0.2) is 4.98 Å². The molecule has 0 saturated carbocycles. The third kappa shape index (κ3) is 3.74. The topological polar surface area (TPSA) is 88.9 Å². The molecule has 6 nitrogen and oxygen atoms in total. The summed E-state index contributed by atoms with van der Waals surface area (Å²) in [7, 11) is 0. The Morgan fingerprint density at radius 1 is 1.25 bits per heavy atom. The lowest BCUT2D eigenvalue weighted by Crippen LogP contribution is -2.02. The zero-order valence-electron chi connectivity index (χ0n) is 12.4. The highest BCUT2D eigenvalue weighted by molar-refractivity contribution is 7.99. The van der Waals surface area contributed by atoms with E-state index in [0.29, 0.717) is 38.9 Å². The van der Waals surface area contributed by atoms with Crippen LogP contribution in [0.4, 0.5) is 5.69 Å². The molecule has 122 valence electrons. The molecule has 1 heterocycles. The van der Waals surface area contributed by atoms with E-state index in [4.69, 9.17) is 11.6 Å². The van der Waals surface area contributed by atoms with Crippen molar-refractivity contribution in [2.24, 2.45) is 0 Å². The maximum Gasteiger partial charge on any atom is 0.271 e. The molecule has 0 atom stereocenters. The van der Waals surface area contributed by atoms with E-state index in [1.807, 2.05) is 0 Å². The molecular weight excluding hydrogens is 350 g/mol. The van der Waals surface area contributed by atoms with Crippen LogP contribution in [0.3, 0.4) is 0 Å². The van der Waals surface area contributed by atoms with Gasteiger partial charge >= 0.3 is 0 Å². The minimum Gasteiger partial charge on any atom is -0.341 e. The third-order valence-corrected chi connectivity index (χ3v) is 4.56. The fourth-order valence-electron chi connectivity index (χ4n) is 2.19. The zero-order valence-corrected chi connectivity index (χ0v) is 13.9. The first-order chi connectivity index (χ1) is 11.5. The van der Waals surface area contributed by atoms with E-state index in [1.165, 1.54) is 23.9 Å². The van der Waals surface area contributed by atoms with Gasteiger partial charge < -0.3 is 4.98 Å². The van der Waals surface area contributed by atoms with Gasteiger partial charge in [-0.2, -0.15) is 0 Å². The van der Waals surface area contributed by atoms with Gasteiger partial charge in [-0.3, -0.25) is 14.9 Å². The standard InChI is InChI=1S/C16H12ClN3O3S/c17-11-3-1-10(2-4-11)15(21)8-24-9-16-18-13-6-5-12(20(22)23)7-14(13)19-16/h1-7H,8-9H2,(H,18,19). The van der Waals surface area contributed by atoms with Gasteiger partial charge in [-0.1, -0.05) is 11.6 Å². The second-order valence-corrected chi connectivity index (χ2v) is 6.49. The second-order valence-electron chi connectivity index (χ2n) is 5.06. The van der Waals surface area contributed by atoms with Crippen molar-refractivity contribution in [2.75, 3.05) is 5.75 Å². The average molecular weight is 362 g/mol. The first kappa shape index (κ1) is 16.5. The number of nitrogens with zero attached hydrogens (tertiary/aromatic N) is 2. The number of carbonyl (C=O) groups is 1. The summed E-state index contributed by atoms with van der Waals surface area (Å²) in [4.78, 5) is 29.8. The summed E-state index contributed by atoms with van der Waals surface area (Å²) in [5, 5.41) is 11.4. The van der Waals surface area contributed by atoms with Crippen molar-refractivity contribution in [2.45, 2.75) is 5.75 Å². The molecule has 1 aromatic heterocycles. The SMILES string of the molecule is O=C(CSCc1nc2ccc([N+](=O)[O-])cc2[nH]1)c1ccc(Cl)cc1. The number of aromatic nitrogens is 2. The number of carbonyl (C=O) groups excluding carboxylic acids is 1. The number of hydrogen-bond donors (Lipinski definition) is 1. The van der Waals surface area contributed by atoms with Crippen LogP contribution in [0.15, 0.2) is 42.5 Å². The number of nitrogens with one attached hydrogen (secondary N) is 1. The van der Waals surface area contributed by atoms with E-state index in [2.05, 4.69) is 9.97 Å². The number of hydrogen-bond acceptors (Lipinski definition) is 5. The van der Waals surface area contributed by atoms with Crippen molar-refractivity contribution >= 4 is 45.9 Å². The molecule has 8 heteroatoms. The molecule has 0 fully saturated rings. The molecule has 0 bridgehead atoms. The average Bonchev–Trinajstić information content (AvgIpc) is 2.97. The van der Waals surface area contributed by atoms with Gasteiger partial charge in [-0.05, 0) is 30.3 Å². The maximum absolute atomic E-state index is 12.1. The van der Waals surface area contributed by atoms with Crippen molar-refractivity contribution in [1.29, 1.82) is 0 Å². The summed E-state index contributed by atoms with van der Waals surface area (Å²) in [5.41, 5.74) is 1.92. The van der Waals surface area contributed by atoms with E-state index in [1.54, 1.807) is 30.3 Å². The van der Waals surface area contributed by atoms with Gasteiger partial charge in [0.15, 0.2) is 5.78 Å². The van der Waals surface area contributed by atoms with Crippen LogP contribution >= 0.6 is 23.4 Å². The molecule has 0 amide bonds. The number of aromatic amines is 1. The van der Waals surface area contributed by atoms with Crippen LogP contribution in [-0.2, 0) is 5.75 Å². The molecular formula is C16H12ClN3O3S. The lowest BCUT2D eigenvalue weighted by molar-refractivity contribution is -0.384. The van der Waals surface area contributed by atoms with Crippen LogP contribution in [0.5, 0.6) is 0 Å². The number of imidazole rings is 1. The number of nitro groups is 1. The lowest BCUT2D eigenvalue weighted by atomic mass is 10.1. The largest absolute Gasteiger partial charge is 0.341 e. The van der Waals surface area contributed by atoms with Gasteiger partial charge in [0.25, 0.3) is 5.69 Å². The second kappa shape index (κ2) is 7.02. The van der Waals surface area contributed by atoms with E-state index in [0.717, 1.165) is 0 Å². The quantitative estimate of drug-likeness (QED) is 0.403. The number of fused-ring (bicyclic) bond motifs is 1. The molecule has 1 N–H and O–H groups in total. The summed E-state index contributed by atoms with van der Waals surface area (Å²) in [5.74, 6) is 1.53. The number of non-ortho nitro benzene ring substituents is 1. The molecule has 0 aliphatic heterocycles. The number of rotatable bonds is 6. The number of halogens is 1. The van der Waals surface area contributed by atoms with Crippen LogP contribution in [0.2, 0.25) is 5.02 Å². The van der Waals surface area contributed by atoms with Gasteiger partial charge in [0, 0.05) is 22.7 Å². The molecule has 0 saturated heterocycles. The number of H-pyrrole nitrogens is 1. The summed E-state index contributed by atoms with van der Waals surface area (Å²) in [6.45, 7) is 0. The Kier molecular flexibility index (Phi) is 4.82. The Balaban J connectivity index is 1.62. The van der Waals surface area contributed by atoms with Gasteiger partial charge in [0.2, 0.25) is 0 Å². The molecule has 0 unspecified atom stereocenters. The van der Waals surface area contributed by atoms with Crippen molar-refractivity contribution in [3.63, 3.8) is 0 Å². The molecule has 0 aliphatic carbocycles. The summed E-state index contributed by atoms with van der Waals surface area (Å²) in [6.07, 6.45) is 0. The highest BCUT2D eigenvalue weighted by Crippen LogP contribution is 2.21. The third-order valence-electron chi connectivity index (χ3n) is 3.36. The predicted molar refractivity (Wildman–Crippen MR) is 94.7 cm³/mol. The Hall–Kier alpha value is -2.38. The molecule has 2 aromatic carbocycles. The highest BCUT2D eigenvalue weighted by atomic mass is 35.5. The van der Waals surface area contributed by atoms with Crippen LogP contribution in [-0.4, -0.2) is 26.4 Å². The first-order valence-corrected chi connectivity index (χ1v) is 8.56. The van der Waals surface area contributed by atoms with Crippen molar-refractivity contribution in [3.05, 3.63) is 69.0 Å². The Labute approximate surface area is 146 Å². The van der Waals surface area contributed by atoms with E-state index < -0.39 is 4.92 Å². The van der Waals surface area contributed by atoms with Crippen molar-refractivity contribution in [3.8, 4) is 0 Å². The number of benzene rings is 2. The highest BCUT2D eigenvalue weighted by Gasteiger charge is 2.11. The normalized spacial score (nSPS) is 10.9. The van der Waals surface area contributed by atoms with Crippen molar-refractivity contribution in [1.82, 2.24) is 9.97 Å². The van der Waals surface area contributed by atoms with Gasteiger partial charge in [-0.15, -0.1) is 11.8 Å². The number of nitro benzene ring substituents is 1. The van der Waals surface area contributed by atoms with Crippen LogP contribution in [0, 0.1) is 10.1 Å². The minimum absolute atomic E-state index is 0.0169. The number of thioether (sulfide) groups is 1. The summed E-state index contributed by atoms with van der Waals surface area (Å²) >= 11 is 7.23. The van der Waals surface area contributed by atoms with Crippen LogP contribution < -0.4 is 0 Å². The van der Waals surface area contributed by atoms with Gasteiger partial charge in [0.05, 0.1) is 27.5 Å². The first-order valence-electron chi connectivity index (χ1n) is 7.02. The minimum atomic E-state index is -0.445. The lowest BCUT2D eigenvalue weighted by Gasteiger charge is -2.00. The molecule has 0 radical (unpaired) electrons. The van der Waals surface area contributed by atoms with E-state index >= 15 is 0 Å². The predicted octanol–water partition coefficient (Wildman–Crippen LogP) is 4.24. The smallest absolute Gasteiger partial charge is 0.271 e. The summed E-state index contributed by atoms with van der Waals surface area (Å²) in [6, 6.07) is 11.3. The molecule has 24 heavy (non-hydrogen) atoms. The molecule has 3 rings (SSSR count). The van der Waals surface area contributed by atoms with Crippen LogP contribution in [0.25, 0.3) is 11.0 Å². The summed E-state index contributed by atoms with van der Waals surface area (Å²) < 4.78 is 0. The fourth-order valence-corrected chi connectivity index (χ4v) is 3.10. The van der Waals surface area contributed by atoms with Crippen molar-refractivity contribution < 1.29 is 9.72 Å². The molecule has 0 aliphatic rings. The monoisotopic (exact) mass is 361 g/mol. The fraction of sp³-hybridized carbons (Fsp3) is 0.125. The number of Topliss-reactive ketones (excluding diaryl/α,β-unsaturated/α-hetero) is 1. The van der Waals surface area contributed by atoms with E-state index in [9.17, 15) is 14.9 Å². The Bertz CT molecular complexity index is 909. The zero-order chi connectivity index (χ0) is 17.1. The van der Waals surface area contributed by atoms with Crippen LogP contribution in [0.1, 0.15) is 16.2 Å². The van der Waals surface area contributed by atoms with E-state index in [-0.39, 0.29) is 11.5 Å². The molecule has 0 spiro atoms. The Morgan fingerprint density at radius 2 is 2.00 bits per heavy atom. The maximum atomic E-state index is 12.1. The Morgan fingerprint density at radius 3 is 2.71 bits per heavy atom. The molecule has 3 aromatic rings. The van der Waals surface area contributed by atoms with Gasteiger partial charge in [0.1, 0.15) is 5.82 Å². The number of ketones is 1.